The molecule has 5 nitrogen and oxygen atoms in total. The van der Waals surface area contributed by atoms with Crippen LogP contribution >= 0.6 is 23.2 Å². The quantitative estimate of drug-likeness (QED) is 0.268. The minimum atomic E-state index is -0.564. The largest absolute Gasteiger partial charge is 0.508 e. The molecule has 0 heterocycles. The normalized spacial score (nSPS) is 12.2. The number of rotatable bonds is 16. The van der Waals surface area contributed by atoms with Crippen LogP contribution in [0.4, 0.5) is 0 Å². The van der Waals surface area contributed by atoms with Crippen LogP contribution < -0.4 is 5.32 Å². The summed E-state index contributed by atoms with van der Waals surface area (Å²) in [7, 11) is 0. The number of halogens is 2. The Hall–Kier alpha value is -1.34. The second-order valence-corrected chi connectivity index (χ2v) is 8.56. The van der Waals surface area contributed by atoms with Gasteiger partial charge in [-0.25, -0.2) is 0 Å². The molecule has 0 amide bonds. The average Bonchev–Trinajstić information content (AvgIpc) is 2.78. The Labute approximate surface area is 201 Å². The number of aryl methyl sites for hydroxylation is 1. The number of aromatic hydroxyl groups is 1. The van der Waals surface area contributed by atoms with Crippen molar-refractivity contribution in [1.82, 2.24) is 5.32 Å². The highest BCUT2D eigenvalue weighted by atomic mass is 35.5. The summed E-state index contributed by atoms with van der Waals surface area (Å²) in [6, 6.07) is 10.7. The maximum Gasteiger partial charge on any atom is 0.118 e. The zero-order valence-corrected chi connectivity index (χ0v) is 20.3. The molecular formula is C25H35Cl2NO4. The molecule has 0 radical (unpaired) electrons. The Morgan fingerprint density at radius 2 is 1.66 bits per heavy atom. The summed E-state index contributed by atoms with van der Waals surface area (Å²) >= 11 is 12.2. The molecular weight excluding hydrogens is 449 g/mol. The first kappa shape index (κ1) is 26.9. The smallest absolute Gasteiger partial charge is 0.118 e. The van der Waals surface area contributed by atoms with Crippen LogP contribution in [0.5, 0.6) is 5.75 Å². The Morgan fingerprint density at radius 3 is 2.41 bits per heavy atom. The van der Waals surface area contributed by atoms with Gasteiger partial charge in [0.25, 0.3) is 0 Å². The molecule has 178 valence electrons. The molecule has 7 heteroatoms. The average molecular weight is 484 g/mol. The van der Waals surface area contributed by atoms with Crippen LogP contribution in [-0.4, -0.2) is 43.1 Å². The Bertz CT molecular complexity index is 783. The molecule has 0 spiro atoms. The summed E-state index contributed by atoms with van der Waals surface area (Å²) in [5.74, 6) is 0.287. The van der Waals surface area contributed by atoms with Crippen molar-refractivity contribution in [2.24, 2.45) is 0 Å². The van der Waals surface area contributed by atoms with Crippen molar-refractivity contribution >= 4 is 23.2 Å². The Kier molecular flexibility index (Phi) is 13.0. The highest BCUT2D eigenvalue weighted by Crippen LogP contribution is 2.25. The molecule has 2 rings (SSSR count). The second-order valence-electron chi connectivity index (χ2n) is 7.74. The summed E-state index contributed by atoms with van der Waals surface area (Å²) in [5, 5.41) is 24.6. The molecule has 0 aromatic heterocycles. The van der Waals surface area contributed by atoms with E-state index >= 15 is 0 Å². The van der Waals surface area contributed by atoms with Gasteiger partial charge in [-0.2, -0.15) is 0 Å². The SMILES string of the molecule is CCc1cc([C@@H](O)CNCCCCCCOCCOCc2c(Cl)cccc2Cl)ccc1O. The predicted molar refractivity (Wildman–Crippen MR) is 131 cm³/mol. The van der Waals surface area contributed by atoms with Gasteiger partial charge in [0.15, 0.2) is 0 Å². The highest BCUT2D eigenvalue weighted by Gasteiger charge is 2.09. The first-order chi connectivity index (χ1) is 15.5. The van der Waals surface area contributed by atoms with Crippen molar-refractivity contribution in [3.63, 3.8) is 0 Å². The number of phenolic OH excluding ortho intramolecular Hbond substituents is 1. The van der Waals surface area contributed by atoms with Crippen LogP contribution in [0.15, 0.2) is 36.4 Å². The lowest BCUT2D eigenvalue weighted by Crippen LogP contribution is -2.22. The molecule has 2 aromatic carbocycles. The van der Waals surface area contributed by atoms with E-state index in [-0.39, 0.29) is 5.75 Å². The summed E-state index contributed by atoms with van der Waals surface area (Å²) in [6.45, 7) is 5.54. The van der Waals surface area contributed by atoms with Gasteiger partial charge in [0.05, 0.1) is 25.9 Å². The molecule has 0 aliphatic heterocycles. The number of hydrogen-bond acceptors (Lipinski definition) is 5. The minimum Gasteiger partial charge on any atom is -0.508 e. The van der Waals surface area contributed by atoms with E-state index in [1.165, 1.54) is 0 Å². The first-order valence-corrected chi connectivity index (χ1v) is 12.1. The van der Waals surface area contributed by atoms with E-state index in [2.05, 4.69) is 5.32 Å². The topological polar surface area (TPSA) is 71.0 Å². The number of benzene rings is 2. The number of aliphatic hydroxyl groups excluding tert-OH is 1. The molecule has 0 aliphatic rings. The lowest BCUT2D eigenvalue weighted by Gasteiger charge is -2.14. The van der Waals surface area contributed by atoms with E-state index in [9.17, 15) is 10.2 Å². The van der Waals surface area contributed by atoms with Crippen molar-refractivity contribution in [2.45, 2.75) is 51.7 Å². The van der Waals surface area contributed by atoms with Gasteiger partial charge >= 0.3 is 0 Å². The van der Waals surface area contributed by atoms with Gasteiger partial charge < -0.3 is 25.0 Å². The number of unbranched alkanes of at least 4 members (excludes halogenated alkanes) is 3. The number of phenols is 1. The highest BCUT2D eigenvalue weighted by molar-refractivity contribution is 6.35. The molecule has 0 bridgehead atoms. The van der Waals surface area contributed by atoms with E-state index in [0.717, 1.165) is 61.9 Å². The molecule has 0 saturated carbocycles. The molecule has 0 aliphatic carbocycles. The van der Waals surface area contributed by atoms with Gasteiger partial charge in [-0.3, -0.25) is 0 Å². The third kappa shape index (κ3) is 9.65. The number of ether oxygens (including phenoxy) is 2. The minimum absolute atomic E-state index is 0.287. The Morgan fingerprint density at radius 1 is 0.938 bits per heavy atom. The number of hydrogen-bond donors (Lipinski definition) is 3. The van der Waals surface area contributed by atoms with Crippen molar-refractivity contribution in [3.05, 3.63) is 63.1 Å². The molecule has 0 saturated heterocycles. The second kappa shape index (κ2) is 15.5. The van der Waals surface area contributed by atoms with Gasteiger partial charge in [0.1, 0.15) is 5.75 Å². The van der Waals surface area contributed by atoms with E-state index < -0.39 is 6.10 Å². The van der Waals surface area contributed by atoms with Crippen molar-refractivity contribution < 1.29 is 19.7 Å². The Balaban J connectivity index is 1.42. The standard InChI is InChI=1S/C25H35Cl2NO4/c1-2-19-16-20(10-11-24(19)29)25(30)17-28-12-5-3-4-6-13-31-14-15-32-18-21-22(26)8-7-9-23(21)27/h7-11,16,25,28-30H,2-6,12-15,17-18H2,1H3/t25-/m0/s1. The summed E-state index contributed by atoms with van der Waals surface area (Å²) in [4.78, 5) is 0. The fourth-order valence-electron chi connectivity index (χ4n) is 3.32. The summed E-state index contributed by atoms with van der Waals surface area (Å²) in [5.41, 5.74) is 2.51. The van der Waals surface area contributed by atoms with Gasteiger partial charge in [-0.15, -0.1) is 0 Å². The zero-order valence-electron chi connectivity index (χ0n) is 18.8. The molecule has 3 N–H and O–H groups in total. The third-order valence-corrected chi connectivity index (χ3v) is 5.99. The third-order valence-electron chi connectivity index (χ3n) is 5.28. The molecule has 2 aromatic rings. The van der Waals surface area contributed by atoms with Gasteiger partial charge in [0.2, 0.25) is 0 Å². The summed E-state index contributed by atoms with van der Waals surface area (Å²) < 4.78 is 11.2. The first-order valence-electron chi connectivity index (χ1n) is 11.3. The predicted octanol–water partition coefficient (Wildman–Crippen LogP) is 5.68. The fraction of sp³-hybridized carbons (Fsp3) is 0.520. The van der Waals surface area contributed by atoms with Gasteiger partial charge in [-0.05, 0) is 61.2 Å². The van der Waals surface area contributed by atoms with Gasteiger partial charge in [0, 0.05) is 28.8 Å². The van der Waals surface area contributed by atoms with Crippen molar-refractivity contribution in [2.75, 3.05) is 32.9 Å². The van der Waals surface area contributed by atoms with Crippen molar-refractivity contribution in [1.29, 1.82) is 0 Å². The molecule has 0 unspecified atom stereocenters. The maximum atomic E-state index is 10.3. The van der Waals surface area contributed by atoms with Crippen LogP contribution in [0.1, 0.15) is 55.4 Å². The van der Waals surface area contributed by atoms with E-state index in [1.807, 2.05) is 19.1 Å². The molecule has 1 atom stereocenters. The maximum absolute atomic E-state index is 10.3. The van der Waals surface area contributed by atoms with Crippen LogP contribution in [0, 0.1) is 0 Å². The van der Waals surface area contributed by atoms with Crippen LogP contribution in [-0.2, 0) is 22.5 Å². The molecule has 0 fully saturated rings. The summed E-state index contributed by atoms with van der Waals surface area (Å²) in [6.07, 6.45) is 4.49. The lowest BCUT2D eigenvalue weighted by molar-refractivity contribution is 0.0393. The monoisotopic (exact) mass is 483 g/mol. The van der Waals surface area contributed by atoms with Crippen LogP contribution in [0.25, 0.3) is 0 Å². The van der Waals surface area contributed by atoms with Crippen molar-refractivity contribution in [3.8, 4) is 5.75 Å². The van der Waals surface area contributed by atoms with E-state index in [1.54, 1.807) is 24.3 Å². The number of aliphatic hydroxyl groups is 1. The fourth-order valence-corrected chi connectivity index (χ4v) is 3.83. The van der Waals surface area contributed by atoms with E-state index in [0.29, 0.717) is 36.4 Å². The molecule has 32 heavy (non-hydrogen) atoms. The number of nitrogens with one attached hydrogen (secondary N) is 1. The lowest BCUT2D eigenvalue weighted by atomic mass is 10.0. The zero-order chi connectivity index (χ0) is 23.2. The van der Waals surface area contributed by atoms with Crippen LogP contribution in [0.2, 0.25) is 10.0 Å². The van der Waals surface area contributed by atoms with Crippen LogP contribution in [0.3, 0.4) is 0 Å². The van der Waals surface area contributed by atoms with E-state index in [4.69, 9.17) is 32.7 Å². The van der Waals surface area contributed by atoms with Gasteiger partial charge in [-0.1, -0.05) is 55.1 Å².